The summed E-state index contributed by atoms with van der Waals surface area (Å²) in [6, 6.07) is 11.0. The van der Waals surface area contributed by atoms with Crippen LogP contribution in [0.2, 0.25) is 0 Å². The first-order valence-electron chi connectivity index (χ1n) is 10.3. The van der Waals surface area contributed by atoms with E-state index in [1.165, 1.54) is 12.0 Å². The molecule has 0 radical (unpaired) electrons. The summed E-state index contributed by atoms with van der Waals surface area (Å²) in [6.45, 7) is 3.07. The van der Waals surface area contributed by atoms with Crippen molar-refractivity contribution in [3.8, 4) is 11.8 Å². The van der Waals surface area contributed by atoms with Gasteiger partial charge in [0.1, 0.15) is 0 Å². The quantitative estimate of drug-likeness (QED) is 0.595. The number of piperidine rings is 1. The molecule has 0 N–H and O–H groups in total. The molecule has 2 amide bonds. The standard InChI is InChI=1S/C23H28N2O2/c1-2-9-20(26)24-16-12-19(13-17-24)25-21(18-10-5-3-6-11-18)23(22(25)27)14-7-4-8-15-23/h3,5-6,10-11,19,21H,4,7-8,12-17H2,1H3. The number of β-lactam (4-membered cyclic amide) rings is 1. The zero-order valence-electron chi connectivity index (χ0n) is 16.1. The number of rotatable bonds is 2. The largest absolute Gasteiger partial charge is 0.332 e. The van der Waals surface area contributed by atoms with E-state index >= 15 is 0 Å². The van der Waals surface area contributed by atoms with E-state index in [0.29, 0.717) is 19.0 Å². The van der Waals surface area contributed by atoms with E-state index in [1.807, 2.05) is 11.0 Å². The van der Waals surface area contributed by atoms with Crippen LogP contribution in [0, 0.1) is 17.3 Å². The topological polar surface area (TPSA) is 40.6 Å². The minimum absolute atomic E-state index is 0.0887. The van der Waals surface area contributed by atoms with Gasteiger partial charge in [-0.05, 0) is 44.1 Å². The third kappa shape index (κ3) is 3.04. The molecular formula is C23H28N2O2. The third-order valence-electron chi connectivity index (χ3n) is 6.70. The summed E-state index contributed by atoms with van der Waals surface area (Å²) in [5, 5.41) is 0. The maximum Gasteiger partial charge on any atom is 0.298 e. The monoisotopic (exact) mass is 364 g/mol. The van der Waals surface area contributed by atoms with Gasteiger partial charge in [-0.2, -0.15) is 0 Å². The lowest BCUT2D eigenvalue weighted by atomic mass is 9.59. The highest BCUT2D eigenvalue weighted by molar-refractivity contribution is 5.93. The fourth-order valence-corrected chi connectivity index (χ4v) is 5.39. The molecule has 2 saturated heterocycles. The molecule has 1 aromatic rings. The van der Waals surface area contributed by atoms with Crippen LogP contribution in [0.15, 0.2) is 30.3 Å². The highest BCUT2D eigenvalue weighted by atomic mass is 16.2. The van der Waals surface area contributed by atoms with Gasteiger partial charge in [-0.3, -0.25) is 9.59 Å². The zero-order chi connectivity index (χ0) is 18.9. The summed E-state index contributed by atoms with van der Waals surface area (Å²) in [7, 11) is 0. The molecule has 4 heteroatoms. The summed E-state index contributed by atoms with van der Waals surface area (Å²) in [5.74, 6) is 5.59. The Labute approximate surface area is 161 Å². The van der Waals surface area contributed by atoms with Crippen LogP contribution in [0.4, 0.5) is 0 Å². The molecule has 1 spiro atoms. The summed E-state index contributed by atoms with van der Waals surface area (Å²) < 4.78 is 0. The summed E-state index contributed by atoms with van der Waals surface area (Å²) in [4.78, 5) is 29.4. The van der Waals surface area contributed by atoms with Gasteiger partial charge in [0.15, 0.2) is 0 Å². The number of amides is 2. The van der Waals surface area contributed by atoms with Gasteiger partial charge in [-0.15, -0.1) is 0 Å². The zero-order valence-corrected chi connectivity index (χ0v) is 16.1. The average Bonchev–Trinajstić information content (AvgIpc) is 2.73. The van der Waals surface area contributed by atoms with Crippen molar-refractivity contribution >= 4 is 11.8 Å². The third-order valence-corrected chi connectivity index (χ3v) is 6.70. The highest BCUT2D eigenvalue weighted by Crippen LogP contribution is 2.59. The lowest BCUT2D eigenvalue weighted by Crippen LogP contribution is -2.67. The second kappa shape index (κ2) is 7.38. The summed E-state index contributed by atoms with van der Waals surface area (Å²) >= 11 is 0. The number of nitrogens with zero attached hydrogens (tertiary/aromatic N) is 2. The van der Waals surface area contributed by atoms with E-state index in [4.69, 9.17) is 0 Å². The normalized spacial score (nSPS) is 24.9. The Kier molecular flexibility index (Phi) is 4.95. The number of likely N-dealkylation sites (tertiary alicyclic amines) is 2. The first-order chi connectivity index (χ1) is 13.2. The first-order valence-corrected chi connectivity index (χ1v) is 10.3. The van der Waals surface area contributed by atoms with Crippen LogP contribution >= 0.6 is 0 Å². The molecule has 2 aliphatic heterocycles. The highest BCUT2D eigenvalue weighted by Gasteiger charge is 2.62. The van der Waals surface area contributed by atoms with Gasteiger partial charge in [-0.25, -0.2) is 0 Å². The average molecular weight is 364 g/mol. The Bertz CT molecular complexity index is 763. The number of hydrogen-bond donors (Lipinski definition) is 0. The molecule has 0 bridgehead atoms. The maximum absolute atomic E-state index is 13.4. The molecule has 3 fully saturated rings. The number of carbonyl (C=O) groups excluding carboxylic acids is 2. The minimum Gasteiger partial charge on any atom is -0.332 e. The van der Waals surface area contributed by atoms with Gasteiger partial charge < -0.3 is 9.80 Å². The molecule has 1 unspecified atom stereocenters. The van der Waals surface area contributed by atoms with Crippen molar-refractivity contribution < 1.29 is 9.59 Å². The maximum atomic E-state index is 13.4. The fraction of sp³-hybridized carbons (Fsp3) is 0.565. The molecule has 1 atom stereocenters. The van der Waals surface area contributed by atoms with Crippen molar-refractivity contribution in [3.05, 3.63) is 35.9 Å². The number of carbonyl (C=O) groups is 2. The molecule has 0 aromatic heterocycles. The van der Waals surface area contributed by atoms with E-state index in [0.717, 1.165) is 38.5 Å². The van der Waals surface area contributed by atoms with Crippen LogP contribution in [0.3, 0.4) is 0 Å². The van der Waals surface area contributed by atoms with E-state index < -0.39 is 0 Å². The fourth-order valence-electron chi connectivity index (χ4n) is 5.39. The van der Waals surface area contributed by atoms with Gasteiger partial charge in [0.05, 0.1) is 11.5 Å². The molecule has 27 heavy (non-hydrogen) atoms. The van der Waals surface area contributed by atoms with Gasteiger partial charge in [0.2, 0.25) is 5.91 Å². The van der Waals surface area contributed by atoms with Crippen LogP contribution in [0.25, 0.3) is 0 Å². The molecule has 2 heterocycles. The van der Waals surface area contributed by atoms with Gasteiger partial charge >= 0.3 is 0 Å². The Morgan fingerprint density at radius 2 is 1.74 bits per heavy atom. The van der Waals surface area contributed by atoms with Gasteiger partial charge in [-0.1, -0.05) is 55.5 Å². The van der Waals surface area contributed by atoms with E-state index in [-0.39, 0.29) is 23.4 Å². The minimum atomic E-state index is -0.180. The summed E-state index contributed by atoms with van der Waals surface area (Å²) in [5.41, 5.74) is 1.09. The molecule has 3 aliphatic rings. The van der Waals surface area contributed by atoms with Crippen molar-refractivity contribution in [3.63, 3.8) is 0 Å². The van der Waals surface area contributed by atoms with Crippen LogP contribution in [0.5, 0.6) is 0 Å². The van der Waals surface area contributed by atoms with E-state index in [9.17, 15) is 9.59 Å². The Balaban J connectivity index is 1.54. The van der Waals surface area contributed by atoms with Crippen LogP contribution in [0.1, 0.15) is 63.5 Å². The van der Waals surface area contributed by atoms with Crippen molar-refractivity contribution in [2.75, 3.05) is 13.1 Å². The molecule has 1 aromatic carbocycles. The van der Waals surface area contributed by atoms with Crippen molar-refractivity contribution in [2.45, 2.75) is 64.0 Å². The molecule has 4 rings (SSSR count). The predicted molar refractivity (Wildman–Crippen MR) is 105 cm³/mol. The first kappa shape index (κ1) is 18.1. The predicted octanol–water partition coefficient (Wildman–Crippen LogP) is 3.53. The van der Waals surface area contributed by atoms with Gasteiger partial charge in [0.25, 0.3) is 5.91 Å². The van der Waals surface area contributed by atoms with Gasteiger partial charge in [0, 0.05) is 19.1 Å². The second-order valence-electron chi connectivity index (χ2n) is 8.14. The lowest BCUT2D eigenvalue weighted by molar-refractivity contribution is -0.186. The van der Waals surface area contributed by atoms with Crippen molar-refractivity contribution in [1.29, 1.82) is 0 Å². The Morgan fingerprint density at radius 1 is 1.07 bits per heavy atom. The molecule has 1 aliphatic carbocycles. The second-order valence-corrected chi connectivity index (χ2v) is 8.14. The Hall–Kier alpha value is -2.28. The van der Waals surface area contributed by atoms with Crippen molar-refractivity contribution in [1.82, 2.24) is 9.80 Å². The SMILES string of the molecule is CC#CC(=O)N1CCC(N2C(=O)C3(CCCCC3)C2c2ccccc2)CC1. The van der Waals surface area contributed by atoms with Crippen LogP contribution in [-0.4, -0.2) is 40.7 Å². The van der Waals surface area contributed by atoms with Crippen molar-refractivity contribution in [2.24, 2.45) is 5.41 Å². The van der Waals surface area contributed by atoms with Crippen LogP contribution in [-0.2, 0) is 9.59 Å². The van der Waals surface area contributed by atoms with E-state index in [2.05, 4.69) is 41.0 Å². The smallest absolute Gasteiger partial charge is 0.298 e. The Morgan fingerprint density at radius 3 is 2.37 bits per heavy atom. The lowest BCUT2D eigenvalue weighted by Gasteiger charge is -2.61. The summed E-state index contributed by atoms with van der Waals surface area (Å²) in [6.07, 6.45) is 7.30. The number of hydrogen-bond acceptors (Lipinski definition) is 2. The molecular weight excluding hydrogens is 336 g/mol. The van der Waals surface area contributed by atoms with Crippen LogP contribution < -0.4 is 0 Å². The molecule has 4 nitrogen and oxygen atoms in total. The molecule has 1 saturated carbocycles. The molecule has 142 valence electrons. The number of benzene rings is 1. The van der Waals surface area contributed by atoms with E-state index in [1.54, 1.807) is 6.92 Å².